The largest absolute Gasteiger partial charge is 0.340 e. The highest BCUT2D eigenvalue weighted by Crippen LogP contribution is 2.34. The third-order valence-electron chi connectivity index (χ3n) is 4.70. The van der Waals surface area contributed by atoms with Crippen molar-refractivity contribution < 1.29 is 4.79 Å². The number of aromatic amines is 1. The molecule has 3 heterocycles. The van der Waals surface area contributed by atoms with Crippen molar-refractivity contribution in [2.75, 3.05) is 6.54 Å². The van der Waals surface area contributed by atoms with E-state index in [2.05, 4.69) is 23.8 Å². The lowest BCUT2D eigenvalue weighted by Crippen LogP contribution is -2.32. The molecule has 0 radical (unpaired) electrons. The molecule has 1 fully saturated rings. The molecular formula is C19H21ClN4OS. The number of nitrogens with one attached hydrogen (secondary N) is 1. The fraction of sp³-hybridized carbons (Fsp3) is 0.421. The molecule has 0 spiro atoms. The highest BCUT2D eigenvalue weighted by atomic mass is 35.5. The van der Waals surface area contributed by atoms with Gasteiger partial charge in [0.1, 0.15) is 11.5 Å². The van der Waals surface area contributed by atoms with Crippen LogP contribution in [0.25, 0.3) is 11.0 Å². The lowest BCUT2D eigenvalue weighted by atomic mass is 10.1. The fourth-order valence-corrected chi connectivity index (χ4v) is 4.91. The van der Waals surface area contributed by atoms with Crippen LogP contribution < -0.4 is 0 Å². The molecule has 1 aromatic carbocycles. The lowest BCUT2D eigenvalue weighted by molar-refractivity contribution is 0.0724. The number of rotatable bonds is 4. The van der Waals surface area contributed by atoms with Crippen molar-refractivity contribution in [3.63, 3.8) is 0 Å². The molecule has 0 saturated carbocycles. The summed E-state index contributed by atoms with van der Waals surface area (Å²) in [5.41, 5.74) is 2.44. The Hall–Kier alpha value is -1.92. The van der Waals surface area contributed by atoms with Gasteiger partial charge in [-0.1, -0.05) is 37.6 Å². The third-order valence-corrected chi connectivity index (χ3v) is 5.89. The van der Waals surface area contributed by atoms with Crippen molar-refractivity contribution in [3.8, 4) is 0 Å². The first-order chi connectivity index (χ1) is 12.5. The normalized spacial score (nSPS) is 17.5. The van der Waals surface area contributed by atoms with E-state index in [1.165, 1.54) is 11.3 Å². The van der Waals surface area contributed by atoms with Gasteiger partial charge in [-0.15, -0.1) is 11.3 Å². The molecule has 1 N–H and O–H groups in total. The van der Waals surface area contributed by atoms with E-state index in [4.69, 9.17) is 16.6 Å². The van der Waals surface area contributed by atoms with Crippen molar-refractivity contribution in [2.24, 2.45) is 5.92 Å². The standard InChI is InChI=1S/C19H21ClN4OS/c1-11(2)10-15-16(23-19(20)26-15)18(25)24-9-5-8-14(24)17-21-12-6-3-4-7-13(12)22-17/h3-4,6-7,11,14H,5,8-10H2,1-2H3,(H,21,22)/t14-/m0/s1. The van der Waals surface area contributed by atoms with E-state index in [0.717, 1.165) is 47.5 Å². The van der Waals surface area contributed by atoms with E-state index >= 15 is 0 Å². The van der Waals surface area contributed by atoms with Gasteiger partial charge in [0, 0.05) is 11.4 Å². The fourth-order valence-electron chi connectivity index (χ4n) is 3.56. The van der Waals surface area contributed by atoms with Crippen LogP contribution in [0.15, 0.2) is 24.3 Å². The molecule has 1 amide bonds. The second-order valence-corrected chi connectivity index (χ2v) is 8.80. The average Bonchev–Trinajstić information content (AvgIpc) is 3.30. The summed E-state index contributed by atoms with van der Waals surface area (Å²) in [7, 11) is 0. The number of imidazole rings is 1. The number of hydrogen-bond donors (Lipinski definition) is 1. The van der Waals surface area contributed by atoms with Crippen LogP contribution in [0.5, 0.6) is 0 Å². The number of aromatic nitrogens is 3. The van der Waals surface area contributed by atoms with Crippen LogP contribution in [0.3, 0.4) is 0 Å². The molecule has 1 saturated heterocycles. The van der Waals surface area contributed by atoms with Gasteiger partial charge in [-0.25, -0.2) is 9.97 Å². The maximum Gasteiger partial charge on any atom is 0.274 e. The number of H-pyrrole nitrogens is 1. The Balaban J connectivity index is 1.65. The van der Waals surface area contributed by atoms with E-state index in [1.54, 1.807) is 0 Å². The molecule has 4 rings (SSSR count). The van der Waals surface area contributed by atoms with Gasteiger partial charge in [0.25, 0.3) is 5.91 Å². The molecule has 5 nitrogen and oxygen atoms in total. The molecular weight excluding hydrogens is 368 g/mol. The SMILES string of the molecule is CC(C)Cc1sc(Cl)nc1C(=O)N1CCC[C@H]1c1nc2ccccc2[nH]1. The van der Waals surface area contributed by atoms with E-state index < -0.39 is 0 Å². The number of thiazole rings is 1. The second-order valence-electron chi connectivity index (χ2n) is 7.13. The van der Waals surface area contributed by atoms with Crippen molar-refractivity contribution in [1.82, 2.24) is 19.9 Å². The van der Waals surface area contributed by atoms with Gasteiger partial charge in [0.05, 0.1) is 17.1 Å². The van der Waals surface area contributed by atoms with Gasteiger partial charge in [0.2, 0.25) is 0 Å². The predicted octanol–water partition coefficient (Wildman–Crippen LogP) is 4.85. The van der Waals surface area contributed by atoms with Crippen LogP contribution in [-0.2, 0) is 6.42 Å². The molecule has 0 unspecified atom stereocenters. The average molecular weight is 389 g/mol. The summed E-state index contributed by atoms with van der Waals surface area (Å²) in [5, 5.41) is 0. The van der Waals surface area contributed by atoms with E-state index in [9.17, 15) is 4.79 Å². The number of hydrogen-bond acceptors (Lipinski definition) is 4. The maximum atomic E-state index is 13.2. The highest BCUT2D eigenvalue weighted by Gasteiger charge is 2.35. The Kier molecular flexibility index (Phi) is 4.71. The Labute approximate surface area is 161 Å². The van der Waals surface area contributed by atoms with Crippen molar-refractivity contribution in [2.45, 2.75) is 39.2 Å². The minimum atomic E-state index is -0.0396. The van der Waals surface area contributed by atoms with Crippen LogP contribution in [0.1, 0.15) is 53.9 Å². The summed E-state index contributed by atoms with van der Waals surface area (Å²) in [4.78, 5) is 28.5. The molecule has 3 aromatic rings. The highest BCUT2D eigenvalue weighted by molar-refractivity contribution is 7.16. The van der Waals surface area contributed by atoms with Crippen LogP contribution in [0.4, 0.5) is 0 Å². The number of fused-ring (bicyclic) bond motifs is 1. The molecule has 1 atom stereocenters. The summed E-state index contributed by atoms with van der Waals surface area (Å²) in [5.74, 6) is 1.26. The molecule has 0 aliphatic carbocycles. The van der Waals surface area contributed by atoms with Crippen LogP contribution >= 0.6 is 22.9 Å². The van der Waals surface area contributed by atoms with Gasteiger partial charge in [-0.3, -0.25) is 4.79 Å². The minimum absolute atomic E-state index is 0.0354. The molecule has 0 bridgehead atoms. The zero-order chi connectivity index (χ0) is 18.3. The Morgan fingerprint density at radius 2 is 2.19 bits per heavy atom. The summed E-state index contributed by atoms with van der Waals surface area (Å²) < 4.78 is 0.434. The first-order valence-electron chi connectivity index (χ1n) is 8.93. The van der Waals surface area contributed by atoms with Crippen LogP contribution in [0.2, 0.25) is 4.47 Å². The number of nitrogens with zero attached hydrogens (tertiary/aromatic N) is 3. The van der Waals surface area contributed by atoms with E-state index in [1.807, 2.05) is 29.2 Å². The van der Waals surface area contributed by atoms with Crippen molar-refractivity contribution in [3.05, 3.63) is 45.1 Å². The molecule has 136 valence electrons. The Morgan fingerprint density at radius 1 is 1.38 bits per heavy atom. The molecule has 1 aliphatic rings. The van der Waals surface area contributed by atoms with Crippen molar-refractivity contribution in [1.29, 1.82) is 0 Å². The first kappa shape index (κ1) is 17.5. The van der Waals surface area contributed by atoms with Gasteiger partial charge in [-0.2, -0.15) is 0 Å². The molecule has 2 aromatic heterocycles. The third kappa shape index (κ3) is 3.23. The van der Waals surface area contributed by atoms with Gasteiger partial charge in [0.15, 0.2) is 4.47 Å². The van der Waals surface area contributed by atoms with Crippen LogP contribution in [0, 0.1) is 5.92 Å². The van der Waals surface area contributed by atoms with Crippen molar-refractivity contribution >= 4 is 39.9 Å². The quantitative estimate of drug-likeness (QED) is 0.694. The maximum absolute atomic E-state index is 13.2. The number of benzene rings is 1. The molecule has 1 aliphatic heterocycles. The first-order valence-corrected chi connectivity index (χ1v) is 10.1. The van der Waals surface area contributed by atoms with Gasteiger partial charge >= 0.3 is 0 Å². The summed E-state index contributed by atoms with van der Waals surface area (Å²) in [6.45, 7) is 4.99. The van der Waals surface area contributed by atoms with Gasteiger partial charge in [-0.05, 0) is 37.3 Å². The Bertz CT molecular complexity index is 915. The Morgan fingerprint density at radius 3 is 2.96 bits per heavy atom. The zero-order valence-electron chi connectivity index (χ0n) is 14.8. The molecule has 26 heavy (non-hydrogen) atoms. The zero-order valence-corrected chi connectivity index (χ0v) is 16.4. The number of halogens is 1. The summed E-state index contributed by atoms with van der Waals surface area (Å²) in [6.07, 6.45) is 2.68. The lowest BCUT2D eigenvalue weighted by Gasteiger charge is -2.23. The molecule has 7 heteroatoms. The van der Waals surface area contributed by atoms with E-state index in [0.29, 0.717) is 16.1 Å². The number of likely N-dealkylation sites (tertiary alicyclic amines) is 1. The number of carbonyl (C=O) groups excluding carboxylic acids is 1. The topological polar surface area (TPSA) is 61.9 Å². The predicted molar refractivity (Wildman–Crippen MR) is 105 cm³/mol. The smallest absolute Gasteiger partial charge is 0.274 e. The summed E-state index contributed by atoms with van der Waals surface area (Å²) in [6, 6.07) is 7.91. The number of amides is 1. The monoisotopic (exact) mass is 388 g/mol. The number of para-hydroxylation sites is 2. The van der Waals surface area contributed by atoms with Gasteiger partial charge < -0.3 is 9.88 Å². The summed E-state index contributed by atoms with van der Waals surface area (Å²) >= 11 is 7.54. The number of carbonyl (C=O) groups is 1. The van der Waals surface area contributed by atoms with E-state index in [-0.39, 0.29) is 11.9 Å². The second kappa shape index (κ2) is 7.00. The van der Waals surface area contributed by atoms with Crippen LogP contribution in [-0.4, -0.2) is 32.3 Å². The minimum Gasteiger partial charge on any atom is -0.340 e.